The number of hydrogen-bond acceptors (Lipinski definition) is 6. The number of ether oxygens (including phenoxy) is 1. The van der Waals surface area contributed by atoms with Gasteiger partial charge in [-0.1, -0.05) is 12.1 Å². The van der Waals surface area contributed by atoms with Crippen LogP contribution in [0.15, 0.2) is 53.0 Å². The molecule has 0 unspecified atom stereocenters. The molecular formula is C22H15BrF3N5O4. The van der Waals surface area contributed by atoms with E-state index in [1.165, 1.54) is 19.1 Å². The molecule has 0 bridgehead atoms. The first kappa shape index (κ1) is 24.1. The van der Waals surface area contributed by atoms with E-state index in [0.29, 0.717) is 10.3 Å². The number of nitrogens with one attached hydrogen (secondary N) is 1. The van der Waals surface area contributed by atoms with Crippen molar-refractivity contribution in [2.45, 2.75) is 20.0 Å². The molecule has 4 rings (SSSR count). The zero-order valence-corrected chi connectivity index (χ0v) is 19.6. The number of hydrogen-bond donors (Lipinski definition) is 1. The molecule has 0 atom stereocenters. The molecule has 0 fully saturated rings. The van der Waals surface area contributed by atoms with Crippen LogP contribution >= 0.6 is 15.9 Å². The lowest BCUT2D eigenvalue weighted by atomic mass is 10.2. The number of benzene rings is 2. The van der Waals surface area contributed by atoms with E-state index in [0.717, 1.165) is 17.7 Å². The molecule has 0 aliphatic heterocycles. The summed E-state index contributed by atoms with van der Waals surface area (Å²) in [6, 6.07) is 11.4. The Labute approximate surface area is 203 Å². The molecule has 0 spiro atoms. The number of carbonyl (C=O) groups excluding carboxylic acids is 1. The molecule has 0 saturated carbocycles. The van der Waals surface area contributed by atoms with E-state index >= 15 is 0 Å². The number of nitro benzene ring substituents is 1. The third-order valence-electron chi connectivity index (χ3n) is 4.75. The number of alkyl halides is 3. The third kappa shape index (κ3) is 5.09. The fourth-order valence-corrected chi connectivity index (χ4v) is 3.80. The van der Waals surface area contributed by atoms with Crippen LogP contribution in [0.1, 0.15) is 27.4 Å². The Kier molecular flexibility index (Phi) is 6.19. The van der Waals surface area contributed by atoms with Gasteiger partial charge < -0.3 is 10.1 Å². The maximum Gasteiger partial charge on any atom is 0.433 e. The number of non-ortho nitro benzene ring substituents is 1. The topological polar surface area (TPSA) is 112 Å². The highest BCUT2D eigenvalue weighted by Gasteiger charge is 2.36. The summed E-state index contributed by atoms with van der Waals surface area (Å²) in [6.07, 6.45) is -4.74. The highest BCUT2D eigenvalue weighted by atomic mass is 79.9. The summed E-state index contributed by atoms with van der Waals surface area (Å²) in [4.78, 5) is 27.7. The molecule has 2 aromatic heterocycles. The summed E-state index contributed by atoms with van der Waals surface area (Å²) in [7, 11) is 0. The van der Waals surface area contributed by atoms with E-state index in [4.69, 9.17) is 4.74 Å². The first-order chi connectivity index (χ1) is 16.4. The van der Waals surface area contributed by atoms with Gasteiger partial charge in [-0.15, -0.1) is 0 Å². The van der Waals surface area contributed by atoms with Gasteiger partial charge in [0.15, 0.2) is 11.3 Å². The van der Waals surface area contributed by atoms with Crippen molar-refractivity contribution in [3.8, 4) is 11.5 Å². The van der Waals surface area contributed by atoms with Crippen molar-refractivity contribution >= 4 is 38.9 Å². The van der Waals surface area contributed by atoms with Crippen molar-refractivity contribution in [1.82, 2.24) is 14.6 Å². The predicted molar refractivity (Wildman–Crippen MR) is 123 cm³/mol. The van der Waals surface area contributed by atoms with Gasteiger partial charge in [-0.2, -0.15) is 18.3 Å². The number of rotatable bonds is 5. The highest BCUT2D eigenvalue weighted by Crippen LogP contribution is 2.34. The summed E-state index contributed by atoms with van der Waals surface area (Å²) < 4.78 is 46.6. The summed E-state index contributed by atoms with van der Waals surface area (Å²) >= 11 is 3.10. The second-order valence-electron chi connectivity index (χ2n) is 7.52. The van der Waals surface area contributed by atoms with Gasteiger partial charge in [0.2, 0.25) is 0 Å². The molecular weight excluding hydrogens is 535 g/mol. The van der Waals surface area contributed by atoms with Gasteiger partial charge in [-0.25, -0.2) is 9.50 Å². The van der Waals surface area contributed by atoms with Crippen LogP contribution in [0, 0.1) is 24.0 Å². The Balaban J connectivity index is 1.71. The predicted octanol–water partition coefficient (Wildman–Crippen LogP) is 6.08. The maximum atomic E-state index is 13.5. The summed E-state index contributed by atoms with van der Waals surface area (Å²) in [5, 5.41) is 17.6. The Morgan fingerprint density at radius 3 is 2.54 bits per heavy atom. The Morgan fingerprint density at radius 1 is 1.14 bits per heavy atom. The molecule has 0 saturated heterocycles. The fraction of sp³-hybridized carbons (Fsp3) is 0.136. The molecule has 4 aromatic rings. The van der Waals surface area contributed by atoms with Crippen LogP contribution in [-0.4, -0.2) is 25.4 Å². The number of nitrogens with zero attached hydrogens (tertiary/aromatic N) is 4. The summed E-state index contributed by atoms with van der Waals surface area (Å²) in [5.74, 6) is -0.409. The van der Waals surface area contributed by atoms with Crippen molar-refractivity contribution in [2.24, 2.45) is 0 Å². The van der Waals surface area contributed by atoms with Crippen LogP contribution in [0.25, 0.3) is 5.65 Å². The van der Waals surface area contributed by atoms with Crippen LogP contribution in [0.3, 0.4) is 0 Å². The summed E-state index contributed by atoms with van der Waals surface area (Å²) in [6.45, 7) is 3.23. The Morgan fingerprint density at radius 2 is 1.89 bits per heavy atom. The van der Waals surface area contributed by atoms with Crippen LogP contribution in [0.5, 0.6) is 11.5 Å². The third-order valence-corrected chi connectivity index (χ3v) is 5.48. The first-order valence-electron chi connectivity index (χ1n) is 9.91. The second kappa shape index (κ2) is 8.98. The van der Waals surface area contributed by atoms with Crippen molar-refractivity contribution in [1.29, 1.82) is 0 Å². The van der Waals surface area contributed by atoms with Gasteiger partial charge in [0.25, 0.3) is 11.6 Å². The molecule has 1 N–H and O–H groups in total. The molecule has 9 nitrogen and oxygen atoms in total. The van der Waals surface area contributed by atoms with Crippen molar-refractivity contribution in [3.63, 3.8) is 0 Å². The van der Waals surface area contributed by atoms with Gasteiger partial charge in [0.05, 0.1) is 21.1 Å². The van der Waals surface area contributed by atoms with Crippen molar-refractivity contribution in [3.05, 3.63) is 85.8 Å². The van der Waals surface area contributed by atoms with Gasteiger partial charge in [0, 0.05) is 17.8 Å². The smallest absolute Gasteiger partial charge is 0.433 e. The molecule has 2 heterocycles. The minimum absolute atomic E-state index is 0.0176. The molecule has 35 heavy (non-hydrogen) atoms. The van der Waals surface area contributed by atoms with Gasteiger partial charge in [0.1, 0.15) is 17.2 Å². The van der Waals surface area contributed by atoms with E-state index < -0.39 is 22.7 Å². The lowest BCUT2D eigenvalue weighted by molar-refractivity contribution is -0.384. The highest BCUT2D eigenvalue weighted by molar-refractivity contribution is 9.10. The molecule has 2 aromatic carbocycles. The average molecular weight is 550 g/mol. The van der Waals surface area contributed by atoms with E-state index in [1.807, 2.05) is 13.0 Å². The monoisotopic (exact) mass is 549 g/mol. The Hall–Kier alpha value is -4.00. The fourth-order valence-electron chi connectivity index (χ4n) is 3.28. The standard InChI is InChI=1S/C22H15BrF3N5O4/c1-11-4-3-5-15(6-11)35-16-9-13(8-14(10-16)31(33)34)28-21(32)19-18(23)20-27-12(2)7-17(22(24,25)26)30(20)29-19/h3-10H,1-2H3,(H,28,32). The largest absolute Gasteiger partial charge is 0.457 e. The van der Waals surface area contributed by atoms with Crippen molar-refractivity contribution < 1.29 is 27.6 Å². The summed E-state index contributed by atoms with van der Waals surface area (Å²) in [5.41, 5.74) is -1.10. The molecule has 0 aliphatic carbocycles. The first-order valence-corrected chi connectivity index (χ1v) is 10.7. The number of fused-ring (bicyclic) bond motifs is 1. The van der Waals surface area contributed by atoms with E-state index in [1.54, 1.807) is 18.2 Å². The Bertz CT molecular complexity index is 1490. The molecule has 0 aliphatic rings. The number of aromatic nitrogens is 3. The number of amides is 1. The molecule has 13 heteroatoms. The van der Waals surface area contributed by atoms with Crippen LogP contribution in [0.4, 0.5) is 24.5 Å². The molecule has 0 radical (unpaired) electrons. The molecule has 1 amide bonds. The lowest BCUT2D eigenvalue weighted by Crippen LogP contribution is -2.16. The van der Waals surface area contributed by atoms with Crippen LogP contribution in [-0.2, 0) is 6.18 Å². The van der Waals surface area contributed by atoms with Crippen LogP contribution in [0.2, 0.25) is 0 Å². The number of carbonyl (C=O) groups is 1. The van der Waals surface area contributed by atoms with Gasteiger partial charge in [-0.3, -0.25) is 14.9 Å². The SMILES string of the molecule is Cc1cccc(Oc2cc(NC(=O)c3nn4c(C(F)(F)F)cc(C)nc4c3Br)cc([N+](=O)[O-])c2)c1. The second-order valence-corrected chi connectivity index (χ2v) is 8.32. The average Bonchev–Trinajstić information content (AvgIpc) is 3.08. The minimum atomic E-state index is -4.74. The van der Waals surface area contributed by atoms with E-state index in [-0.39, 0.29) is 38.6 Å². The zero-order chi connectivity index (χ0) is 25.5. The number of aryl methyl sites for hydroxylation is 2. The van der Waals surface area contributed by atoms with Crippen molar-refractivity contribution in [2.75, 3.05) is 5.32 Å². The van der Waals surface area contributed by atoms with E-state index in [2.05, 4.69) is 31.3 Å². The normalized spacial score (nSPS) is 11.5. The number of halogens is 4. The number of nitro groups is 1. The van der Waals surface area contributed by atoms with Gasteiger partial charge in [-0.05, 0) is 53.5 Å². The minimum Gasteiger partial charge on any atom is -0.457 e. The van der Waals surface area contributed by atoms with Crippen LogP contribution < -0.4 is 10.1 Å². The van der Waals surface area contributed by atoms with E-state index in [9.17, 15) is 28.1 Å². The molecule has 180 valence electrons. The quantitative estimate of drug-likeness (QED) is 0.238. The number of anilines is 1. The zero-order valence-electron chi connectivity index (χ0n) is 18.1. The maximum absolute atomic E-state index is 13.5. The van der Waals surface area contributed by atoms with Gasteiger partial charge >= 0.3 is 6.18 Å². The lowest BCUT2D eigenvalue weighted by Gasteiger charge is -2.09.